The predicted molar refractivity (Wildman–Crippen MR) is 89.9 cm³/mol. The molecule has 0 amide bonds. The van der Waals surface area contributed by atoms with Crippen LogP contribution in [0.4, 0.5) is 17.3 Å². The maximum atomic E-state index is 6.15. The first-order chi connectivity index (χ1) is 9.73. The van der Waals surface area contributed by atoms with Gasteiger partial charge in [0, 0.05) is 16.6 Å². The van der Waals surface area contributed by atoms with Crippen molar-refractivity contribution in [1.29, 1.82) is 0 Å². The SMILES string of the molecule is Cc1nc(Nc2cc(Cl)ccc2Cl)cc(NC(C)(C)C)n1. The minimum atomic E-state index is -0.0776. The standard InChI is InChI=1S/C15H18Cl2N4/c1-9-18-13(8-14(19-9)21-15(2,3)4)20-12-7-10(16)5-6-11(12)17/h5-8H,1-4H3,(H2,18,19,20,21). The molecule has 4 nitrogen and oxygen atoms in total. The first kappa shape index (κ1) is 15.9. The van der Waals surface area contributed by atoms with E-state index in [0.29, 0.717) is 27.4 Å². The van der Waals surface area contributed by atoms with Crippen molar-refractivity contribution >= 4 is 40.5 Å². The molecule has 21 heavy (non-hydrogen) atoms. The number of nitrogens with zero attached hydrogens (tertiary/aromatic N) is 2. The lowest BCUT2D eigenvalue weighted by atomic mass is 10.1. The van der Waals surface area contributed by atoms with E-state index in [1.807, 2.05) is 13.0 Å². The highest BCUT2D eigenvalue weighted by Crippen LogP contribution is 2.28. The van der Waals surface area contributed by atoms with Crippen LogP contribution >= 0.6 is 23.2 Å². The van der Waals surface area contributed by atoms with Crippen molar-refractivity contribution in [3.05, 3.63) is 40.1 Å². The first-order valence-corrected chi connectivity index (χ1v) is 7.34. The fraction of sp³-hybridized carbons (Fsp3) is 0.333. The van der Waals surface area contributed by atoms with Gasteiger partial charge in [0.05, 0.1) is 10.7 Å². The molecule has 0 aliphatic heterocycles. The van der Waals surface area contributed by atoms with E-state index in [0.717, 1.165) is 5.82 Å². The molecule has 112 valence electrons. The Bertz CT molecular complexity index is 651. The maximum absolute atomic E-state index is 6.15. The van der Waals surface area contributed by atoms with Gasteiger partial charge >= 0.3 is 0 Å². The smallest absolute Gasteiger partial charge is 0.136 e. The van der Waals surface area contributed by atoms with E-state index in [9.17, 15) is 0 Å². The number of halogens is 2. The molecular weight excluding hydrogens is 307 g/mol. The molecule has 0 fully saturated rings. The molecular formula is C15H18Cl2N4. The highest BCUT2D eigenvalue weighted by Gasteiger charge is 2.12. The summed E-state index contributed by atoms with van der Waals surface area (Å²) in [7, 11) is 0. The molecule has 2 N–H and O–H groups in total. The number of rotatable bonds is 3. The molecule has 0 saturated heterocycles. The van der Waals surface area contributed by atoms with E-state index < -0.39 is 0 Å². The topological polar surface area (TPSA) is 49.8 Å². The molecule has 0 bridgehead atoms. The monoisotopic (exact) mass is 324 g/mol. The van der Waals surface area contributed by atoms with Crippen LogP contribution in [-0.4, -0.2) is 15.5 Å². The molecule has 1 aromatic heterocycles. The predicted octanol–water partition coefficient (Wildman–Crippen LogP) is 5.05. The molecule has 0 radical (unpaired) electrons. The number of nitrogens with one attached hydrogen (secondary N) is 2. The van der Waals surface area contributed by atoms with Crippen LogP contribution in [0.3, 0.4) is 0 Å². The third-order valence-corrected chi connectivity index (χ3v) is 3.10. The van der Waals surface area contributed by atoms with E-state index in [-0.39, 0.29) is 5.54 Å². The second kappa shape index (κ2) is 6.08. The summed E-state index contributed by atoms with van der Waals surface area (Å²) in [4.78, 5) is 8.75. The molecule has 0 aliphatic rings. The van der Waals surface area contributed by atoms with E-state index in [2.05, 4.69) is 41.4 Å². The van der Waals surface area contributed by atoms with Crippen LogP contribution in [0.25, 0.3) is 0 Å². The van der Waals surface area contributed by atoms with Gasteiger partial charge in [0.2, 0.25) is 0 Å². The molecule has 2 rings (SSSR count). The summed E-state index contributed by atoms with van der Waals surface area (Å²) in [5.74, 6) is 2.10. The average Bonchev–Trinajstić information content (AvgIpc) is 2.31. The Labute approximate surface area is 134 Å². The Kier molecular flexibility index (Phi) is 4.59. The molecule has 1 aromatic carbocycles. The summed E-state index contributed by atoms with van der Waals surface area (Å²) >= 11 is 12.1. The zero-order valence-electron chi connectivity index (χ0n) is 12.5. The van der Waals surface area contributed by atoms with Crippen molar-refractivity contribution in [2.24, 2.45) is 0 Å². The third-order valence-electron chi connectivity index (χ3n) is 2.53. The first-order valence-electron chi connectivity index (χ1n) is 6.59. The van der Waals surface area contributed by atoms with Gasteiger partial charge in [-0.2, -0.15) is 0 Å². The maximum Gasteiger partial charge on any atom is 0.136 e. The van der Waals surface area contributed by atoms with Gasteiger partial charge in [0.15, 0.2) is 0 Å². The second-order valence-electron chi connectivity index (χ2n) is 5.81. The number of aryl methyl sites for hydroxylation is 1. The summed E-state index contributed by atoms with van der Waals surface area (Å²) in [5.41, 5.74) is 0.634. The van der Waals surface area contributed by atoms with E-state index in [1.165, 1.54) is 0 Å². The lowest BCUT2D eigenvalue weighted by Gasteiger charge is -2.22. The molecule has 2 aromatic rings. The van der Waals surface area contributed by atoms with Gasteiger partial charge in [-0.1, -0.05) is 23.2 Å². The number of anilines is 3. The number of benzene rings is 1. The average molecular weight is 325 g/mol. The highest BCUT2D eigenvalue weighted by atomic mass is 35.5. The number of aromatic nitrogens is 2. The lowest BCUT2D eigenvalue weighted by molar-refractivity contribution is 0.629. The van der Waals surface area contributed by atoms with Crippen LogP contribution in [0.5, 0.6) is 0 Å². The fourth-order valence-corrected chi connectivity index (χ4v) is 2.15. The quantitative estimate of drug-likeness (QED) is 0.829. The summed E-state index contributed by atoms with van der Waals surface area (Å²) < 4.78 is 0. The lowest BCUT2D eigenvalue weighted by Crippen LogP contribution is -2.26. The van der Waals surface area contributed by atoms with Crippen LogP contribution < -0.4 is 10.6 Å². The number of hydrogen-bond acceptors (Lipinski definition) is 4. The Morgan fingerprint density at radius 2 is 1.67 bits per heavy atom. The normalized spacial score (nSPS) is 11.3. The van der Waals surface area contributed by atoms with Gasteiger partial charge < -0.3 is 10.6 Å². The fourth-order valence-electron chi connectivity index (χ4n) is 1.81. The molecule has 0 spiro atoms. The van der Waals surface area contributed by atoms with Crippen LogP contribution in [0.15, 0.2) is 24.3 Å². The Hall–Kier alpha value is -1.52. The van der Waals surface area contributed by atoms with Crippen molar-refractivity contribution < 1.29 is 0 Å². The summed E-state index contributed by atoms with van der Waals surface area (Å²) in [6.07, 6.45) is 0. The van der Waals surface area contributed by atoms with Crippen molar-refractivity contribution in [3.8, 4) is 0 Å². The van der Waals surface area contributed by atoms with Gasteiger partial charge in [-0.25, -0.2) is 9.97 Å². The van der Waals surface area contributed by atoms with Crippen molar-refractivity contribution in [1.82, 2.24) is 9.97 Å². The van der Waals surface area contributed by atoms with Gasteiger partial charge in [0.25, 0.3) is 0 Å². The minimum Gasteiger partial charge on any atom is -0.365 e. The van der Waals surface area contributed by atoms with E-state index >= 15 is 0 Å². The third kappa shape index (κ3) is 4.76. The summed E-state index contributed by atoms with van der Waals surface area (Å²) in [6.45, 7) is 8.07. The van der Waals surface area contributed by atoms with Crippen molar-refractivity contribution in [2.45, 2.75) is 33.2 Å². The second-order valence-corrected chi connectivity index (χ2v) is 6.65. The number of hydrogen-bond donors (Lipinski definition) is 2. The Balaban J connectivity index is 2.30. The zero-order chi connectivity index (χ0) is 15.6. The van der Waals surface area contributed by atoms with Gasteiger partial charge in [-0.15, -0.1) is 0 Å². The van der Waals surface area contributed by atoms with Gasteiger partial charge in [0.1, 0.15) is 17.5 Å². The molecule has 0 atom stereocenters. The van der Waals surface area contributed by atoms with Crippen LogP contribution in [0.2, 0.25) is 10.0 Å². The zero-order valence-corrected chi connectivity index (χ0v) is 14.0. The van der Waals surface area contributed by atoms with Crippen LogP contribution in [-0.2, 0) is 0 Å². The van der Waals surface area contributed by atoms with E-state index in [1.54, 1.807) is 18.2 Å². The Morgan fingerprint density at radius 3 is 2.33 bits per heavy atom. The molecule has 0 saturated carbocycles. The molecule has 0 unspecified atom stereocenters. The van der Waals surface area contributed by atoms with Crippen molar-refractivity contribution in [3.63, 3.8) is 0 Å². The van der Waals surface area contributed by atoms with Gasteiger partial charge in [-0.3, -0.25) is 0 Å². The molecule has 0 aliphatic carbocycles. The van der Waals surface area contributed by atoms with E-state index in [4.69, 9.17) is 23.2 Å². The van der Waals surface area contributed by atoms with Crippen LogP contribution in [0, 0.1) is 6.92 Å². The minimum absolute atomic E-state index is 0.0776. The summed E-state index contributed by atoms with van der Waals surface area (Å²) in [5, 5.41) is 7.69. The van der Waals surface area contributed by atoms with Crippen molar-refractivity contribution in [2.75, 3.05) is 10.6 Å². The summed E-state index contributed by atoms with van der Waals surface area (Å²) in [6, 6.07) is 7.09. The largest absolute Gasteiger partial charge is 0.365 e. The van der Waals surface area contributed by atoms with Gasteiger partial charge in [-0.05, 0) is 45.9 Å². The molecule has 1 heterocycles. The molecule has 6 heteroatoms. The highest BCUT2D eigenvalue weighted by molar-refractivity contribution is 6.35. The Morgan fingerprint density at radius 1 is 1.00 bits per heavy atom. The van der Waals surface area contributed by atoms with Crippen LogP contribution in [0.1, 0.15) is 26.6 Å².